The molecule has 0 saturated carbocycles. The minimum absolute atomic E-state index is 0.0740. The van der Waals surface area contributed by atoms with Gasteiger partial charge in [0.15, 0.2) is 6.61 Å². The first kappa shape index (κ1) is 18.3. The molecular formula is C17H15BrF3NO2. The molecule has 0 unspecified atom stereocenters. The van der Waals surface area contributed by atoms with E-state index >= 15 is 0 Å². The number of alkyl halides is 3. The van der Waals surface area contributed by atoms with Crippen molar-refractivity contribution in [2.24, 2.45) is 0 Å². The predicted molar refractivity (Wildman–Crippen MR) is 89.1 cm³/mol. The first-order valence-corrected chi connectivity index (χ1v) is 7.97. The van der Waals surface area contributed by atoms with E-state index in [2.05, 4.69) is 21.2 Å². The Labute approximate surface area is 146 Å². The van der Waals surface area contributed by atoms with Crippen molar-refractivity contribution in [2.75, 3.05) is 11.9 Å². The van der Waals surface area contributed by atoms with Crippen molar-refractivity contribution in [1.82, 2.24) is 0 Å². The summed E-state index contributed by atoms with van der Waals surface area (Å²) in [6, 6.07) is 9.88. The van der Waals surface area contributed by atoms with E-state index in [9.17, 15) is 18.0 Å². The lowest BCUT2D eigenvalue weighted by atomic mass is 10.1. The van der Waals surface area contributed by atoms with Crippen molar-refractivity contribution in [1.29, 1.82) is 0 Å². The first-order valence-electron chi connectivity index (χ1n) is 7.18. The Morgan fingerprint density at radius 1 is 1.21 bits per heavy atom. The van der Waals surface area contributed by atoms with E-state index in [0.717, 1.165) is 28.6 Å². The van der Waals surface area contributed by atoms with Gasteiger partial charge in [0.25, 0.3) is 5.91 Å². The molecule has 0 aliphatic rings. The Bertz CT molecular complexity index is 732. The fourth-order valence-electron chi connectivity index (χ4n) is 2.08. The quantitative estimate of drug-likeness (QED) is 0.761. The highest BCUT2D eigenvalue weighted by atomic mass is 79.9. The van der Waals surface area contributed by atoms with Crippen LogP contribution in [0.4, 0.5) is 18.9 Å². The molecule has 1 N–H and O–H groups in total. The van der Waals surface area contributed by atoms with Crippen molar-refractivity contribution in [3.8, 4) is 5.75 Å². The molecule has 0 aliphatic carbocycles. The van der Waals surface area contributed by atoms with Gasteiger partial charge >= 0.3 is 6.18 Å². The number of hydrogen-bond donors (Lipinski definition) is 1. The zero-order chi connectivity index (χ0) is 17.7. The van der Waals surface area contributed by atoms with Gasteiger partial charge in [0, 0.05) is 10.2 Å². The minimum atomic E-state index is -4.45. The number of anilines is 1. The molecule has 0 radical (unpaired) electrons. The summed E-state index contributed by atoms with van der Waals surface area (Å²) >= 11 is 3.36. The molecule has 0 spiro atoms. The van der Waals surface area contributed by atoms with Gasteiger partial charge in [0.2, 0.25) is 0 Å². The fourth-order valence-corrected chi connectivity index (χ4v) is 2.49. The molecule has 0 fully saturated rings. The van der Waals surface area contributed by atoms with Crippen molar-refractivity contribution >= 4 is 27.5 Å². The third-order valence-corrected chi connectivity index (χ3v) is 3.73. The number of carbonyl (C=O) groups is 1. The van der Waals surface area contributed by atoms with Crippen LogP contribution >= 0.6 is 15.9 Å². The van der Waals surface area contributed by atoms with Gasteiger partial charge in [-0.2, -0.15) is 13.2 Å². The van der Waals surface area contributed by atoms with Gasteiger partial charge in [-0.15, -0.1) is 0 Å². The van der Waals surface area contributed by atoms with Gasteiger partial charge in [0.05, 0.1) is 5.56 Å². The summed E-state index contributed by atoms with van der Waals surface area (Å²) in [5, 5.41) is 2.40. The van der Waals surface area contributed by atoms with E-state index in [0.29, 0.717) is 5.75 Å². The van der Waals surface area contributed by atoms with Crippen LogP contribution in [0.25, 0.3) is 0 Å². The minimum Gasteiger partial charge on any atom is -0.483 e. The summed E-state index contributed by atoms with van der Waals surface area (Å²) in [4.78, 5) is 11.9. The number of rotatable bonds is 5. The summed E-state index contributed by atoms with van der Waals surface area (Å²) < 4.78 is 44.3. The summed E-state index contributed by atoms with van der Waals surface area (Å²) in [6.07, 6.45) is -3.73. The number of nitrogens with one attached hydrogen (secondary N) is 1. The third-order valence-electron chi connectivity index (χ3n) is 3.24. The van der Waals surface area contributed by atoms with E-state index < -0.39 is 17.6 Å². The average molecular weight is 402 g/mol. The molecular weight excluding hydrogens is 387 g/mol. The maximum absolute atomic E-state index is 12.6. The fraction of sp³-hybridized carbons (Fsp3) is 0.235. The molecule has 0 bridgehead atoms. The highest BCUT2D eigenvalue weighted by molar-refractivity contribution is 9.10. The second kappa shape index (κ2) is 7.70. The third kappa shape index (κ3) is 4.99. The molecule has 0 heterocycles. The number of hydrogen-bond acceptors (Lipinski definition) is 2. The Kier molecular flexibility index (Phi) is 5.88. The maximum Gasteiger partial charge on any atom is 0.416 e. The van der Waals surface area contributed by atoms with Gasteiger partial charge < -0.3 is 10.1 Å². The van der Waals surface area contributed by atoms with Gasteiger partial charge in [-0.05, 0) is 48.4 Å². The van der Waals surface area contributed by atoms with Crippen LogP contribution in [0.5, 0.6) is 5.75 Å². The molecule has 24 heavy (non-hydrogen) atoms. The lowest BCUT2D eigenvalue weighted by molar-refractivity contribution is -0.137. The Hall–Kier alpha value is -2.02. The SMILES string of the molecule is CCc1cc(Br)ccc1OCC(=O)Nc1cccc(C(F)(F)F)c1. The number of aryl methyl sites for hydroxylation is 1. The van der Waals surface area contributed by atoms with Crippen LogP contribution in [0.1, 0.15) is 18.1 Å². The normalized spacial score (nSPS) is 11.2. The molecule has 0 atom stereocenters. The van der Waals surface area contributed by atoms with Crippen LogP contribution in [0, 0.1) is 0 Å². The zero-order valence-corrected chi connectivity index (χ0v) is 14.4. The molecule has 0 aliphatic heterocycles. The van der Waals surface area contributed by atoms with E-state index in [1.54, 1.807) is 12.1 Å². The van der Waals surface area contributed by atoms with Crippen molar-refractivity contribution in [3.05, 3.63) is 58.1 Å². The molecule has 7 heteroatoms. The van der Waals surface area contributed by atoms with Gasteiger partial charge in [-0.25, -0.2) is 0 Å². The molecule has 1 amide bonds. The number of benzene rings is 2. The number of amides is 1. The molecule has 2 aromatic rings. The van der Waals surface area contributed by atoms with E-state index in [-0.39, 0.29) is 12.3 Å². The van der Waals surface area contributed by atoms with Crippen molar-refractivity contribution in [2.45, 2.75) is 19.5 Å². The van der Waals surface area contributed by atoms with Crippen molar-refractivity contribution < 1.29 is 22.7 Å². The Morgan fingerprint density at radius 2 is 1.96 bits per heavy atom. The van der Waals surface area contributed by atoms with Crippen molar-refractivity contribution in [3.63, 3.8) is 0 Å². The van der Waals surface area contributed by atoms with Crippen LogP contribution in [0.15, 0.2) is 46.9 Å². The predicted octanol–water partition coefficient (Wildman–Crippen LogP) is 5.05. The second-order valence-electron chi connectivity index (χ2n) is 5.02. The van der Waals surface area contributed by atoms with Crippen LogP contribution in [-0.2, 0) is 17.4 Å². The molecule has 3 nitrogen and oxygen atoms in total. The first-order chi connectivity index (χ1) is 11.3. The largest absolute Gasteiger partial charge is 0.483 e. The topological polar surface area (TPSA) is 38.3 Å². The van der Waals surface area contributed by atoms with Crippen LogP contribution < -0.4 is 10.1 Å². The molecule has 0 aromatic heterocycles. The van der Waals surface area contributed by atoms with E-state index in [4.69, 9.17) is 4.74 Å². The second-order valence-corrected chi connectivity index (χ2v) is 5.94. The lowest BCUT2D eigenvalue weighted by Crippen LogP contribution is -2.20. The number of carbonyl (C=O) groups excluding carboxylic acids is 1. The van der Waals surface area contributed by atoms with Gasteiger partial charge in [0.1, 0.15) is 5.75 Å². The highest BCUT2D eigenvalue weighted by Gasteiger charge is 2.30. The van der Waals surface area contributed by atoms with Crippen LogP contribution in [0.3, 0.4) is 0 Å². The van der Waals surface area contributed by atoms with Crippen LogP contribution in [-0.4, -0.2) is 12.5 Å². The summed E-state index contributed by atoms with van der Waals surface area (Å²) in [6.45, 7) is 1.67. The van der Waals surface area contributed by atoms with E-state index in [1.165, 1.54) is 12.1 Å². The monoisotopic (exact) mass is 401 g/mol. The summed E-state index contributed by atoms with van der Waals surface area (Å²) in [5.74, 6) is 0.0409. The highest BCUT2D eigenvalue weighted by Crippen LogP contribution is 2.30. The van der Waals surface area contributed by atoms with E-state index in [1.807, 2.05) is 13.0 Å². The van der Waals surface area contributed by atoms with Gasteiger partial charge in [-0.1, -0.05) is 28.9 Å². The average Bonchev–Trinajstić information content (AvgIpc) is 2.53. The van der Waals surface area contributed by atoms with Gasteiger partial charge in [-0.3, -0.25) is 4.79 Å². The lowest BCUT2D eigenvalue weighted by Gasteiger charge is -2.12. The van der Waals surface area contributed by atoms with Crippen LogP contribution in [0.2, 0.25) is 0 Å². The summed E-state index contributed by atoms with van der Waals surface area (Å²) in [7, 11) is 0. The number of ether oxygens (including phenoxy) is 1. The molecule has 2 aromatic carbocycles. The summed E-state index contributed by atoms with van der Waals surface area (Å²) in [5.41, 5.74) is 0.184. The standard InChI is InChI=1S/C17H15BrF3NO2/c1-2-11-8-13(18)6-7-15(11)24-10-16(23)22-14-5-3-4-12(9-14)17(19,20)21/h3-9H,2,10H2,1H3,(H,22,23). The molecule has 2 rings (SSSR count). The molecule has 128 valence electrons. The number of halogens is 4. The Morgan fingerprint density at radius 3 is 2.62 bits per heavy atom. The smallest absolute Gasteiger partial charge is 0.416 e. The zero-order valence-electron chi connectivity index (χ0n) is 12.8. The molecule has 0 saturated heterocycles. The Balaban J connectivity index is 1.99. The maximum atomic E-state index is 12.6.